The van der Waals surface area contributed by atoms with Crippen molar-refractivity contribution in [3.63, 3.8) is 0 Å². The predicted octanol–water partition coefficient (Wildman–Crippen LogP) is 2.06. The number of ether oxygens (including phenoxy) is 1. The van der Waals surface area contributed by atoms with Gasteiger partial charge in [0.05, 0.1) is 13.0 Å². The monoisotopic (exact) mass is 224 g/mol. The van der Waals surface area contributed by atoms with E-state index in [1.54, 1.807) is 0 Å². The highest BCUT2D eigenvalue weighted by atomic mass is 19.1. The number of halogens is 1. The normalized spacial score (nSPS) is 11.9. The lowest BCUT2D eigenvalue weighted by Crippen LogP contribution is -2.14. The Labute approximate surface area is 93.2 Å². The molecule has 0 bridgehead atoms. The molecule has 0 aromatic heterocycles. The number of aldehydes is 1. The maximum absolute atomic E-state index is 12.7. The number of methoxy groups -OCH3 is 1. The second-order valence-corrected chi connectivity index (χ2v) is 3.37. The van der Waals surface area contributed by atoms with E-state index in [1.807, 2.05) is 0 Å². The first-order valence-corrected chi connectivity index (χ1v) is 4.96. The number of carbonyl (C=O) groups excluding carboxylic acids is 2. The molecule has 0 heterocycles. The molecule has 4 heteroatoms. The van der Waals surface area contributed by atoms with Gasteiger partial charge in [-0.05, 0) is 24.1 Å². The molecule has 0 aliphatic heterocycles. The lowest BCUT2D eigenvalue weighted by atomic mass is 9.94. The summed E-state index contributed by atoms with van der Waals surface area (Å²) in [5.41, 5.74) is 0.662. The van der Waals surface area contributed by atoms with Crippen LogP contribution >= 0.6 is 0 Å². The number of hydrogen-bond donors (Lipinski definition) is 0. The smallest absolute Gasteiger partial charge is 0.313 e. The molecule has 1 aromatic carbocycles. The van der Waals surface area contributed by atoms with Gasteiger partial charge in [-0.3, -0.25) is 4.79 Å². The van der Waals surface area contributed by atoms with Crippen molar-refractivity contribution in [3.8, 4) is 0 Å². The van der Waals surface area contributed by atoms with Crippen LogP contribution in [0.4, 0.5) is 4.39 Å². The summed E-state index contributed by atoms with van der Waals surface area (Å²) in [7, 11) is 1.29. The summed E-state index contributed by atoms with van der Waals surface area (Å²) < 4.78 is 17.4. The Hall–Kier alpha value is -1.71. The van der Waals surface area contributed by atoms with Crippen LogP contribution in [-0.4, -0.2) is 19.4 Å². The second-order valence-electron chi connectivity index (χ2n) is 3.37. The van der Waals surface area contributed by atoms with Gasteiger partial charge in [0.15, 0.2) is 0 Å². The van der Waals surface area contributed by atoms with Crippen LogP contribution in [0, 0.1) is 5.82 Å². The fraction of sp³-hybridized carbons (Fsp3) is 0.333. The van der Waals surface area contributed by atoms with E-state index in [2.05, 4.69) is 4.74 Å². The van der Waals surface area contributed by atoms with Gasteiger partial charge in [-0.15, -0.1) is 0 Å². The summed E-state index contributed by atoms with van der Waals surface area (Å²) in [5.74, 6) is -1.27. The minimum atomic E-state index is -0.504. The molecule has 86 valence electrons. The quantitative estimate of drug-likeness (QED) is 0.568. The van der Waals surface area contributed by atoms with Crippen molar-refractivity contribution >= 4 is 12.3 Å². The molecule has 0 aliphatic carbocycles. The van der Waals surface area contributed by atoms with Crippen LogP contribution < -0.4 is 0 Å². The van der Waals surface area contributed by atoms with Crippen molar-refractivity contribution in [1.29, 1.82) is 0 Å². The van der Waals surface area contributed by atoms with E-state index in [0.29, 0.717) is 12.0 Å². The maximum Gasteiger partial charge on any atom is 0.313 e. The van der Waals surface area contributed by atoms with E-state index in [1.165, 1.54) is 31.4 Å². The molecule has 16 heavy (non-hydrogen) atoms. The first kappa shape index (κ1) is 12.4. The fourth-order valence-corrected chi connectivity index (χ4v) is 1.49. The van der Waals surface area contributed by atoms with E-state index >= 15 is 0 Å². The summed E-state index contributed by atoms with van der Waals surface area (Å²) in [5, 5.41) is 0. The largest absolute Gasteiger partial charge is 0.469 e. The van der Waals surface area contributed by atoms with Gasteiger partial charge >= 0.3 is 5.97 Å². The molecular formula is C12H13FO3. The van der Waals surface area contributed by atoms with Crippen molar-refractivity contribution in [2.45, 2.75) is 18.8 Å². The Bertz CT molecular complexity index is 359. The summed E-state index contributed by atoms with van der Waals surface area (Å²) in [4.78, 5) is 21.8. The van der Waals surface area contributed by atoms with Crippen molar-refractivity contribution < 1.29 is 18.7 Å². The first-order valence-electron chi connectivity index (χ1n) is 4.96. The minimum absolute atomic E-state index is 0.275. The zero-order valence-corrected chi connectivity index (χ0v) is 8.98. The molecule has 0 N–H and O–H groups in total. The van der Waals surface area contributed by atoms with Gasteiger partial charge in [-0.1, -0.05) is 12.1 Å². The molecule has 0 radical (unpaired) electrons. The van der Waals surface area contributed by atoms with Gasteiger partial charge in [-0.25, -0.2) is 4.39 Å². The zero-order valence-electron chi connectivity index (χ0n) is 8.98. The molecule has 0 fully saturated rings. The van der Waals surface area contributed by atoms with E-state index in [9.17, 15) is 14.0 Å². The van der Waals surface area contributed by atoms with E-state index in [-0.39, 0.29) is 12.2 Å². The molecule has 1 aromatic rings. The van der Waals surface area contributed by atoms with Crippen LogP contribution in [0.3, 0.4) is 0 Å². The summed E-state index contributed by atoms with van der Waals surface area (Å²) in [6, 6.07) is 5.63. The molecule has 0 unspecified atom stereocenters. The van der Waals surface area contributed by atoms with Gasteiger partial charge in [0.25, 0.3) is 0 Å². The lowest BCUT2D eigenvalue weighted by Gasteiger charge is -2.13. The van der Waals surface area contributed by atoms with Crippen LogP contribution in [0.25, 0.3) is 0 Å². The van der Waals surface area contributed by atoms with E-state index < -0.39 is 11.9 Å². The molecular weight excluding hydrogens is 211 g/mol. The topological polar surface area (TPSA) is 43.4 Å². The molecule has 3 nitrogen and oxygen atoms in total. The zero-order chi connectivity index (χ0) is 12.0. The third-order valence-electron chi connectivity index (χ3n) is 2.33. The van der Waals surface area contributed by atoms with Crippen LogP contribution in [0.2, 0.25) is 0 Å². The molecule has 1 rings (SSSR count). The van der Waals surface area contributed by atoms with Crippen molar-refractivity contribution in [1.82, 2.24) is 0 Å². The van der Waals surface area contributed by atoms with Crippen molar-refractivity contribution in [3.05, 3.63) is 35.6 Å². The number of benzene rings is 1. The summed E-state index contributed by atoms with van der Waals surface area (Å²) in [6.07, 6.45) is 1.40. The highest BCUT2D eigenvalue weighted by molar-refractivity contribution is 5.78. The lowest BCUT2D eigenvalue weighted by molar-refractivity contribution is -0.142. The first-order chi connectivity index (χ1) is 7.69. The third kappa shape index (κ3) is 3.15. The Morgan fingerprint density at radius 1 is 1.44 bits per heavy atom. The number of hydrogen-bond acceptors (Lipinski definition) is 3. The summed E-state index contributed by atoms with van der Waals surface area (Å²) >= 11 is 0. The Balaban J connectivity index is 2.86. The molecule has 0 saturated heterocycles. The molecule has 1 atom stereocenters. The number of rotatable bonds is 5. The maximum atomic E-state index is 12.7. The predicted molar refractivity (Wildman–Crippen MR) is 56.5 cm³/mol. The average molecular weight is 224 g/mol. The molecule has 0 spiro atoms. The van der Waals surface area contributed by atoms with Gasteiger partial charge in [-0.2, -0.15) is 0 Å². The van der Waals surface area contributed by atoms with Crippen molar-refractivity contribution in [2.75, 3.05) is 7.11 Å². The van der Waals surface area contributed by atoms with Gasteiger partial charge < -0.3 is 9.53 Å². The number of carbonyl (C=O) groups is 2. The highest BCUT2D eigenvalue weighted by Crippen LogP contribution is 2.22. The van der Waals surface area contributed by atoms with Crippen LogP contribution in [0.15, 0.2) is 24.3 Å². The SMILES string of the molecule is COC(=O)[C@@H](CCC=O)c1ccc(F)cc1. The van der Waals surface area contributed by atoms with Gasteiger partial charge in [0.1, 0.15) is 12.1 Å². The number of esters is 1. The third-order valence-corrected chi connectivity index (χ3v) is 2.33. The molecule has 0 saturated carbocycles. The molecule has 0 amide bonds. The Kier molecular flexibility index (Phi) is 4.64. The Morgan fingerprint density at radius 3 is 2.56 bits per heavy atom. The fourth-order valence-electron chi connectivity index (χ4n) is 1.49. The van der Waals surface area contributed by atoms with Crippen molar-refractivity contribution in [2.24, 2.45) is 0 Å². The van der Waals surface area contributed by atoms with Gasteiger partial charge in [0.2, 0.25) is 0 Å². The second kappa shape index (κ2) is 6.00. The van der Waals surface area contributed by atoms with Gasteiger partial charge in [0, 0.05) is 6.42 Å². The van der Waals surface area contributed by atoms with Crippen LogP contribution in [0.1, 0.15) is 24.3 Å². The Morgan fingerprint density at radius 2 is 2.06 bits per heavy atom. The van der Waals surface area contributed by atoms with E-state index in [4.69, 9.17) is 0 Å². The van der Waals surface area contributed by atoms with Crippen LogP contribution in [0.5, 0.6) is 0 Å². The molecule has 0 aliphatic rings. The average Bonchev–Trinajstić information content (AvgIpc) is 2.31. The summed E-state index contributed by atoms with van der Waals surface area (Å²) in [6.45, 7) is 0. The van der Waals surface area contributed by atoms with Crippen LogP contribution in [-0.2, 0) is 14.3 Å². The highest BCUT2D eigenvalue weighted by Gasteiger charge is 2.20. The standard InChI is InChI=1S/C12H13FO3/c1-16-12(15)11(3-2-8-14)9-4-6-10(13)7-5-9/h4-8,11H,2-3H2,1H3/t11-/m0/s1. The van der Waals surface area contributed by atoms with E-state index in [0.717, 1.165) is 6.29 Å². The minimum Gasteiger partial charge on any atom is -0.469 e.